The van der Waals surface area contributed by atoms with Crippen LogP contribution in [0.5, 0.6) is 0 Å². The Bertz CT molecular complexity index is 534. The molecule has 0 atom stereocenters. The summed E-state index contributed by atoms with van der Waals surface area (Å²) in [6.45, 7) is 4.87. The van der Waals surface area contributed by atoms with Gasteiger partial charge in [-0.05, 0) is 26.2 Å². The molecule has 0 saturated heterocycles. The van der Waals surface area contributed by atoms with E-state index in [4.69, 9.17) is 0 Å². The number of rotatable bonds is 7. The van der Waals surface area contributed by atoms with Gasteiger partial charge in [0.15, 0.2) is 5.03 Å². The Morgan fingerprint density at radius 2 is 2.16 bits per heavy atom. The van der Waals surface area contributed by atoms with Gasteiger partial charge < -0.3 is 5.32 Å². The highest BCUT2D eigenvalue weighted by Crippen LogP contribution is 2.23. The first-order chi connectivity index (χ1) is 8.96. The van der Waals surface area contributed by atoms with Gasteiger partial charge >= 0.3 is 0 Å². The first kappa shape index (κ1) is 14.5. The lowest BCUT2D eigenvalue weighted by Crippen LogP contribution is -2.29. The minimum atomic E-state index is -3.49. The number of hydrogen-bond acceptors (Lipinski definition) is 4. The topological polar surface area (TPSA) is 78.1 Å². The monoisotopic (exact) mass is 286 g/mol. The third kappa shape index (κ3) is 3.16. The molecule has 1 heterocycles. The van der Waals surface area contributed by atoms with Crippen LogP contribution in [0.4, 0.5) is 0 Å². The van der Waals surface area contributed by atoms with Crippen LogP contribution in [0.15, 0.2) is 5.03 Å². The summed E-state index contributed by atoms with van der Waals surface area (Å²) in [6, 6.07) is 0.540. The maximum Gasteiger partial charge on any atom is 0.262 e. The number of H-pyrrole nitrogens is 1. The zero-order valence-electron chi connectivity index (χ0n) is 11.7. The van der Waals surface area contributed by atoms with Crippen molar-refractivity contribution < 1.29 is 8.42 Å². The molecule has 0 amide bonds. The summed E-state index contributed by atoms with van der Waals surface area (Å²) in [6.07, 6.45) is 3.14. The fourth-order valence-electron chi connectivity index (χ4n) is 1.97. The van der Waals surface area contributed by atoms with Crippen LogP contribution in [0.25, 0.3) is 0 Å². The van der Waals surface area contributed by atoms with Crippen LogP contribution in [0.1, 0.15) is 37.4 Å². The Kier molecular flexibility index (Phi) is 4.27. The number of aryl methyl sites for hydroxylation is 1. The van der Waals surface area contributed by atoms with Crippen molar-refractivity contribution >= 4 is 10.0 Å². The van der Waals surface area contributed by atoms with Crippen LogP contribution in [-0.2, 0) is 16.6 Å². The number of aromatic amines is 1. The van der Waals surface area contributed by atoms with Crippen molar-refractivity contribution in [1.29, 1.82) is 0 Å². The van der Waals surface area contributed by atoms with Crippen molar-refractivity contribution in [2.75, 3.05) is 13.6 Å². The molecule has 1 fully saturated rings. The lowest BCUT2D eigenvalue weighted by molar-refractivity contribution is 0.464. The average molecular weight is 286 g/mol. The normalized spacial score (nSPS) is 16.2. The summed E-state index contributed by atoms with van der Waals surface area (Å²) < 4.78 is 26.2. The van der Waals surface area contributed by atoms with Crippen LogP contribution in [0, 0.1) is 6.92 Å². The number of sulfonamides is 1. The second kappa shape index (κ2) is 5.60. The van der Waals surface area contributed by atoms with E-state index in [9.17, 15) is 8.42 Å². The quantitative estimate of drug-likeness (QED) is 0.784. The van der Waals surface area contributed by atoms with E-state index in [2.05, 4.69) is 15.5 Å². The largest absolute Gasteiger partial charge is 0.310 e. The Balaban J connectivity index is 2.22. The number of hydrogen-bond donors (Lipinski definition) is 2. The predicted molar refractivity (Wildman–Crippen MR) is 73.3 cm³/mol. The molecular weight excluding hydrogens is 264 g/mol. The van der Waals surface area contributed by atoms with Gasteiger partial charge in [0.2, 0.25) is 0 Å². The highest BCUT2D eigenvalue weighted by Gasteiger charge is 2.29. The molecule has 7 heteroatoms. The van der Waals surface area contributed by atoms with Gasteiger partial charge in [0.25, 0.3) is 10.0 Å². The molecule has 108 valence electrons. The van der Waals surface area contributed by atoms with E-state index < -0.39 is 10.0 Å². The molecule has 6 nitrogen and oxygen atoms in total. The van der Waals surface area contributed by atoms with E-state index in [0.29, 0.717) is 19.1 Å². The standard InChI is InChI=1S/C12H22N4O2S/c1-4-7-16(3)19(17,18)12-11(9(2)14-15-12)8-13-10-5-6-10/h10,13H,4-8H2,1-3H3,(H,14,15). The molecule has 1 saturated carbocycles. The summed E-state index contributed by atoms with van der Waals surface area (Å²) in [4.78, 5) is 0. The zero-order valence-corrected chi connectivity index (χ0v) is 12.5. The first-order valence-electron chi connectivity index (χ1n) is 6.70. The van der Waals surface area contributed by atoms with Crippen LogP contribution in [-0.4, -0.2) is 42.6 Å². The number of aromatic nitrogens is 2. The minimum Gasteiger partial charge on any atom is -0.310 e. The Morgan fingerprint density at radius 1 is 1.47 bits per heavy atom. The van der Waals surface area contributed by atoms with Crippen molar-refractivity contribution in [3.8, 4) is 0 Å². The lowest BCUT2D eigenvalue weighted by atomic mass is 10.2. The van der Waals surface area contributed by atoms with E-state index in [0.717, 1.165) is 17.7 Å². The maximum absolute atomic E-state index is 12.4. The highest BCUT2D eigenvalue weighted by molar-refractivity contribution is 7.89. The summed E-state index contributed by atoms with van der Waals surface area (Å²) >= 11 is 0. The highest BCUT2D eigenvalue weighted by atomic mass is 32.2. The first-order valence-corrected chi connectivity index (χ1v) is 8.14. The van der Waals surface area contributed by atoms with E-state index in [-0.39, 0.29) is 5.03 Å². The van der Waals surface area contributed by atoms with Gasteiger partial charge in [-0.25, -0.2) is 8.42 Å². The number of nitrogens with one attached hydrogen (secondary N) is 2. The van der Waals surface area contributed by atoms with E-state index >= 15 is 0 Å². The van der Waals surface area contributed by atoms with Crippen molar-refractivity contribution in [3.05, 3.63) is 11.3 Å². The fraction of sp³-hybridized carbons (Fsp3) is 0.750. The molecule has 0 radical (unpaired) electrons. The Labute approximate surface area is 114 Å². The van der Waals surface area contributed by atoms with Crippen molar-refractivity contribution in [2.24, 2.45) is 0 Å². The maximum atomic E-state index is 12.4. The summed E-state index contributed by atoms with van der Waals surface area (Å²) in [5, 5.41) is 10.3. The van der Waals surface area contributed by atoms with Crippen molar-refractivity contribution in [2.45, 2.75) is 50.7 Å². The molecule has 0 spiro atoms. The van der Waals surface area contributed by atoms with E-state index in [1.165, 1.54) is 17.1 Å². The predicted octanol–water partition coefficient (Wildman–Crippen LogP) is 1.00. The second-order valence-corrected chi connectivity index (χ2v) is 7.07. The molecule has 0 aromatic carbocycles. The molecule has 0 aliphatic heterocycles. The molecule has 1 aromatic rings. The van der Waals surface area contributed by atoms with Crippen LogP contribution in [0.3, 0.4) is 0 Å². The molecule has 1 aliphatic rings. The van der Waals surface area contributed by atoms with Crippen LogP contribution < -0.4 is 5.32 Å². The van der Waals surface area contributed by atoms with Gasteiger partial charge in [-0.3, -0.25) is 5.10 Å². The second-order valence-electron chi connectivity index (χ2n) is 5.11. The molecule has 2 N–H and O–H groups in total. The molecule has 19 heavy (non-hydrogen) atoms. The van der Waals surface area contributed by atoms with E-state index in [1.54, 1.807) is 7.05 Å². The van der Waals surface area contributed by atoms with Gasteiger partial charge in [-0.2, -0.15) is 9.40 Å². The third-order valence-electron chi connectivity index (χ3n) is 3.37. The summed E-state index contributed by atoms with van der Waals surface area (Å²) in [5.74, 6) is 0. The molecule has 0 bridgehead atoms. The summed E-state index contributed by atoms with van der Waals surface area (Å²) in [5.41, 5.74) is 1.58. The molecule has 1 aliphatic carbocycles. The van der Waals surface area contributed by atoms with Gasteiger partial charge in [0.05, 0.1) is 0 Å². The molecule has 1 aromatic heterocycles. The fourth-order valence-corrected chi connectivity index (χ4v) is 3.38. The van der Waals surface area contributed by atoms with Crippen molar-refractivity contribution in [1.82, 2.24) is 19.8 Å². The Morgan fingerprint density at radius 3 is 2.74 bits per heavy atom. The third-order valence-corrected chi connectivity index (χ3v) is 5.20. The smallest absolute Gasteiger partial charge is 0.262 e. The summed E-state index contributed by atoms with van der Waals surface area (Å²) in [7, 11) is -1.89. The van der Waals surface area contributed by atoms with Crippen LogP contribution >= 0.6 is 0 Å². The zero-order chi connectivity index (χ0) is 14.0. The molecule has 0 unspecified atom stereocenters. The SMILES string of the molecule is CCCN(C)S(=O)(=O)c1n[nH]c(C)c1CNC1CC1. The van der Waals surface area contributed by atoms with Crippen LogP contribution in [0.2, 0.25) is 0 Å². The molecular formula is C12H22N4O2S. The number of nitrogens with zero attached hydrogens (tertiary/aromatic N) is 2. The minimum absolute atomic E-state index is 0.161. The van der Waals surface area contributed by atoms with Gasteiger partial charge in [0.1, 0.15) is 0 Å². The van der Waals surface area contributed by atoms with Gasteiger partial charge in [-0.15, -0.1) is 0 Å². The lowest BCUT2D eigenvalue weighted by Gasteiger charge is -2.15. The van der Waals surface area contributed by atoms with Gasteiger partial charge in [0, 0.05) is 37.4 Å². The van der Waals surface area contributed by atoms with Gasteiger partial charge in [-0.1, -0.05) is 6.92 Å². The Hall–Kier alpha value is -0.920. The van der Waals surface area contributed by atoms with E-state index in [1.807, 2.05) is 13.8 Å². The molecule has 2 rings (SSSR count). The average Bonchev–Trinajstić information content (AvgIpc) is 3.10. The van der Waals surface area contributed by atoms with Crippen molar-refractivity contribution in [3.63, 3.8) is 0 Å².